The summed E-state index contributed by atoms with van der Waals surface area (Å²) in [6.45, 7) is 3.07. The molecule has 0 spiro atoms. The Bertz CT molecular complexity index is 1300. The second-order valence-electron chi connectivity index (χ2n) is 7.98. The number of methoxy groups -OCH3 is 1. The Morgan fingerprint density at radius 3 is 2.88 bits per heavy atom. The lowest BCUT2D eigenvalue weighted by atomic mass is 9.84. The van der Waals surface area contributed by atoms with Gasteiger partial charge in [0.15, 0.2) is 10.7 Å². The van der Waals surface area contributed by atoms with E-state index in [1.54, 1.807) is 28.8 Å². The average molecular weight is 458 g/mol. The molecule has 0 radical (unpaired) electrons. The summed E-state index contributed by atoms with van der Waals surface area (Å²) in [5.74, 6) is 0.605. The lowest BCUT2D eigenvalue weighted by Gasteiger charge is -2.37. The number of thiazole rings is 1. The van der Waals surface area contributed by atoms with Gasteiger partial charge in [-0.1, -0.05) is 6.92 Å². The molecule has 1 aliphatic rings. The van der Waals surface area contributed by atoms with Gasteiger partial charge >= 0.3 is 0 Å². The van der Waals surface area contributed by atoms with Gasteiger partial charge in [0, 0.05) is 25.1 Å². The number of ether oxygens (including phenoxy) is 1. The second kappa shape index (κ2) is 8.09. The molecule has 10 heteroatoms. The van der Waals surface area contributed by atoms with Gasteiger partial charge in [-0.15, -0.1) is 11.3 Å². The second-order valence-corrected chi connectivity index (χ2v) is 9.01. The highest BCUT2D eigenvalue weighted by Gasteiger charge is 2.34. The molecule has 7 nitrogen and oxygen atoms in total. The van der Waals surface area contributed by atoms with E-state index in [-0.39, 0.29) is 23.4 Å². The number of carbonyl (C=O) groups is 1. The molecule has 0 saturated carbocycles. The van der Waals surface area contributed by atoms with E-state index in [0.29, 0.717) is 35.2 Å². The third-order valence-corrected chi connectivity index (χ3v) is 7.04. The van der Waals surface area contributed by atoms with E-state index < -0.39 is 6.43 Å². The molecule has 2 atom stereocenters. The summed E-state index contributed by atoms with van der Waals surface area (Å²) < 4.78 is 34.6. The maximum atomic E-state index is 13.5. The number of hydrogen-bond donors (Lipinski definition) is 0. The molecule has 1 amide bonds. The standard InChI is InChI=1S/C22H21F2N5O2S/c1-12-6-8-28(22(30)21-27-15-4-3-13(31-2)9-18(15)32-21)11-14(12)17-10-16(20(23)24)26-19-5-7-25-29(17)19/h3-5,7,9-10,12,14,20H,6,8,11H2,1-2H3/t12?,14-/m1/s1. The Morgan fingerprint density at radius 2 is 2.09 bits per heavy atom. The van der Waals surface area contributed by atoms with Crippen LogP contribution in [0.2, 0.25) is 0 Å². The first-order valence-electron chi connectivity index (χ1n) is 10.3. The van der Waals surface area contributed by atoms with E-state index in [4.69, 9.17) is 4.74 Å². The lowest BCUT2D eigenvalue weighted by molar-refractivity contribution is 0.0665. The predicted molar refractivity (Wildman–Crippen MR) is 117 cm³/mol. The van der Waals surface area contributed by atoms with Gasteiger partial charge in [0.1, 0.15) is 11.4 Å². The number of rotatable bonds is 4. The van der Waals surface area contributed by atoms with E-state index in [1.807, 2.05) is 18.2 Å². The smallest absolute Gasteiger partial charge is 0.282 e. The van der Waals surface area contributed by atoms with E-state index in [9.17, 15) is 13.6 Å². The molecule has 0 bridgehead atoms. The van der Waals surface area contributed by atoms with Crippen molar-refractivity contribution < 1.29 is 18.3 Å². The zero-order valence-corrected chi connectivity index (χ0v) is 18.4. The number of amides is 1. The topological polar surface area (TPSA) is 72.6 Å². The molecule has 32 heavy (non-hydrogen) atoms. The average Bonchev–Trinajstić information content (AvgIpc) is 3.44. The molecule has 1 aromatic carbocycles. The van der Waals surface area contributed by atoms with E-state index in [2.05, 4.69) is 22.0 Å². The van der Waals surface area contributed by atoms with Crippen LogP contribution in [-0.2, 0) is 0 Å². The Kier molecular flexibility index (Phi) is 5.24. The first-order valence-corrected chi connectivity index (χ1v) is 11.1. The van der Waals surface area contributed by atoms with Crippen LogP contribution in [0.3, 0.4) is 0 Å². The third kappa shape index (κ3) is 3.58. The molecule has 5 rings (SSSR count). The highest BCUT2D eigenvalue weighted by atomic mass is 32.1. The van der Waals surface area contributed by atoms with Crippen molar-refractivity contribution >= 4 is 33.1 Å². The maximum absolute atomic E-state index is 13.5. The van der Waals surface area contributed by atoms with Crippen molar-refractivity contribution in [2.24, 2.45) is 5.92 Å². The van der Waals surface area contributed by atoms with Crippen molar-refractivity contribution in [2.45, 2.75) is 25.7 Å². The summed E-state index contributed by atoms with van der Waals surface area (Å²) in [6.07, 6.45) is -0.373. The monoisotopic (exact) mass is 457 g/mol. The summed E-state index contributed by atoms with van der Waals surface area (Å²) >= 11 is 1.33. The fraction of sp³-hybridized carbons (Fsp3) is 0.364. The van der Waals surface area contributed by atoms with Gasteiger partial charge in [-0.05, 0) is 36.6 Å². The van der Waals surface area contributed by atoms with Crippen LogP contribution in [0.5, 0.6) is 5.75 Å². The van der Waals surface area contributed by atoms with E-state index in [0.717, 1.165) is 16.6 Å². The predicted octanol–water partition coefficient (Wildman–Crippen LogP) is 4.55. The van der Waals surface area contributed by atoms with Crippen LogP contribution in [0, 0.1) is 5.92 Å². The number of nitrogens with zero attached hydrogens (tertiary/aromatic N) is 5. The first kappa shape index (κ1) is 20.7. The van der Waals surface area contributed by atoms with Crippen molar-refractivity contribution in [2.75, 3.05) is 20.2 Å². The number of aromatic nitrogens is 4. The van der Waals surface area contributed by atoms with Crippen molar-refractivity contribution in [3.63, 3.8) is 0 Å². The molecule has 1 unspecified atom stereocenters. The molecular formula is C22H21F2N5O2S. The SMILES string of the molecule is COc1ccc2nc(C(=O)N3CCC(C)[C@H](c4cc(C(F)F)nc5ccnn45)C3)sc2c1. The minimum absolute atomic E-state index is 0.148. The van der Waals surface area contributed by atoms with Crippen molar-refractivity contribution in [3.8, 4) is 5.75 Å². The Morgan fingerprint density at radius 1 is 1.25 bits per heavy atom. The summed E-state index contributed by atoms with van der Waals surface area (Å²) in [5, 5.41) is 4.70. The molecule has 1 saturated heterocycles. The zero-order chi connectivity index (χ0) is 22.4. The van der Waals surface area contributed by atoms with Crippen LogP contribution in [0.15, 0.2) is 36.5 Å². The number of halogens is 2. The fourth-order valence-corrected chi connectivity index (χ4v) is 5.19. The fourth-order valence-electron chi connectivity index (χ4n) is 4.23. The third-order valence-electron chi connectivity index (χ3n) is 6.03. The molecule has 1 aliphatic heterocycles. The van der Waals surface area contributed by atoms with Gasteiger partial charge in [0.2, 0.25) is 0 Å². The zero-order valence-electron chi connectivity index (χ0n) is 17.5. The number of piperidine rings is 1. The minimum Gasteiger partial charge on any atom is -0.497 e. The van der Waals surface area contributed by atoms with Gasteiger partial charge in [0.05, 0.1) is 29.2 Å². The summed E-state index contributed by atoms with van der Waals surface area (Å²) in [5.41, 5.74) is 1.50. The van der Waals surface area contributed by atoms with Crippen LogP contribution in [-0.4, -0.2) is 50.6 Å². The van der Waals surface area contributed by atoms with E-state index in [1.165, 1.54) is 17.4 Å². The Balaban J connectivity index is 1.47. The van der Waals surface area contributed by atoms with Crippen LogP contribution in [0.25, 0.3) is 15.9 Å². The van der Waals surface area contributed by atoms with Gasteiger partial charge in [-0.2, -0.15) is 5.10 Å². The molecule has 0 aliphatic carbocycles. The largest absolute Gasteiger partial charge is 0.497 e. The van der Waals surface area contributed by atoms with Crippen LogP contribution in [0.4, 0.5) is 8.78 Å². The number of benzene rings is 1. The molecule has 0 N–H and O–H groups in total. The Labute approximate surface area is 186 Å². The number of hydrogen-bond acceptors (Lipinski definition) is 6. The van der Waals surface area contributed by atoms with Crippen LogP contribution >= 0.6 is 11.3 Å². The highest BCUT2D eigenvalue weighted by Crippen LogP contribution is 2.35. The van der Waals surface area contributed by atoms with Gasteiger partial charge in [0.25, 0.3) is 12.3 Å². The summed E-state index contributed by atoms with van der Waals surface area (Å²) in [4.78, 5) is 23.6. The molecule has 4 heterocycles. The Hall–Kier alpha value is -3.14. The van der Waals surface area contributed by atoms with Crippen LogP contribution < -0.4 is 4.74 Å². The molecule has 4 aromatic rings. The normalized spacial score (nSPS) is 19.2. The molecular weight excluding hydrogens is 436 g/mol. The molecule has 166 valence electrons. The number of carbonyl (C=O) groups excluding carboxylic acids is 1. The molecule has 1 fully saturated rings. The number of alkyl halides is 2. The van der Waals surface area contributed by atoms with Crippen molar-refractivity contribution in [3.05, 3.63) is 52.9 Å². The van der Waals surface area contributed by atoms with E-state index >= 15 is 0 Å². The highest BCUT2D eigenvalue weighted by molar-refractivity contribution is 7.20. The molecule has 3 aromatic heterocycles. The van der Waals surface area contributed by atoms with Gasteiger partial charge < -0.3 is 9.64 Å². The van der Waals surface area contributed by atoms with Gasteiger partial charge in [-0.3, -0.25) is 4.79 Å². The van der Waals surface area contributed by atoms with Crippen molar-refractivity contribution in [1.82, 2.24) is 24.5 Å². The maximum Gasteiger partial charge on any atom is 0.282 e. The first-order chi connectivity index (χ1) is 15.4. The lowest BCUT2D eigenvalue weighted by Crippen LogP contribution is -2.42. The van der Waals surface area contributed by atoms with Crippen molar-refractivity contribution in [1.29, 1.82) is 0 Å². The number of fused-ring (bicyclic) bond motifs is 2. The van der Waals surface area contributed by atoms with Crippen LogP contribution in [0.1, 0.15) is 46.9 Å². The minimum atomic E-state index is -2.68. The number of likely N-dealkylation sites (tertiary alicyclic amines) is 1. The summed E-state index contributed by atoms with van der Waals surface area (Å²) in [6, 6.07) is 8.54. The quantitative estimate of drug-likeness (QED) is 0.450. The van der Waals surface area contributed by atoms with Gasteiger partial charge in [-0.25, -0.2) is 23.3 Å². The summed E-state index contributed by atoms with van der Waals surface area (Å²) in [7, 11) is 1.60.